The van der Waals surface area contributed by atoms with Gasteiger partial charge >= 0.3 is 0 Å². The topological polar surface area (TPSA) is 38.8 Å². The fourth-order valence-electron chi connectivity index (χ4n) is 1.11. The molecule has 15 heavy (non-hydrogen) atoms. The molecule has 3 nitrogen and oxygen atoms in total. The van der Waals surface area contributed by atoms with Crippen LogP contribution in [-0.4, -0.2) is 12.1 Å². The standard InChI is InChI=1S/C12H10N3/c1-2-6-11(7-3-1)10-14-15-12-8-4-5-9-13-12/h1-10H/b14-10+,15-12-. The van der Waals surface area contributed by atoms with E-state index >= 15 is 0 Å². The molecular formula is C12H10N3. The lowest BCUT2D eigenvalue weighted by molar-refractivity contribution is 1.15. The van der Waals surface area contributed by atoms with Crippen LogP contribution < -0.4 is 5.32 Å². The van der Waals surface area contributed by atoms with Gasteiger partial charge in [-0.3, -0.25) is 0 Å². The van der Waals surface area contributed by atoms with E-state index in [1.54, 1.807) is 12.4 Å². The van der Waals surface area contributed by atoms with Crippen LogP contribution in [0, 0.1) is 0 Å². The lowest BCUT2D eigenvalue weighted by Crippen LogP contribution is -2.07. The summed E-state index contributed by atoms with van der Waals surface area (Å²) in [5, 5.41) is 11.9. The Morgan fingerprint density at radius 3 is 2.67 bits per heavy atom. The van der Waals surface area contributed by atoms with Crippen molar-refractivity contribution in [3.8, 4) is 0 Å². The summed E-state index contributed by atoms with van der Waals surface area (Å²) < 4.78 is 0. The first-order valence-electron chi connectivity index (χ1n) is 4.65. The van der Waals surface area contributed by atoms with E-state index in [1.807, 2.05) is 48.6 Å². The van der Waals surface area contributed by atoms with Gasteiger partial charge in [-0.15, -0.1) is 5.10 Å². The van der Waals surface area contributed by atoms with Crippen LogP contribution in [0.25, 0.3) is 0 Å². The third-order valence-corrected chi connectivity index (χ3v) is 1.82. The van der Waals surface area contributed by atoms with Gasteiger partial charge in [0, 0.05) is 6.20 Å². The van der Waals surface area contributed by atoms with Crippen LogP contribution in [-0.2, 0) is 0 Å². The van der Waals surface area contributed by atoms with Crippen molar-refractivity contribution in [3.05, 3.63) is 60.3 Å². The third kappa shape index (κ3) is 2.91. The van der Waals surface area contributed by atoms with Crippen LogP contribution >= 0.6 is 0 Å². The van der Waals surface area contributed by atoms with E-state index in [0.717, 1.165) is 5.56 Å². The summed E-state index contributed by atoms with van der Waals surface area (Å²) in [5.41, 5.74) is 1.03. The Morgan fingerprint density at radius 2 is 1.93 bits per heavy atom. The van der Waals surface area contributed by atoms with E-state index in [9.17, 15) is 0 Å². The quantitative estimate of drug-likeness (QED) is 0.513. The van der Waals surface area contributed by atoms with Gasteiger partial charge in [-0.25, -0.2) is 5.32 Å². The van der Waals surface area contributed by atoms with Crippen molar-refractivity contribution >= 4 is 12.1 Å². The molecule has 1 heterocycles. The molecule has 0 aromatic heterocycles. The van der Waals surface area contributed by atoms with E-state index in [1.165, 1.54) is 0 Å². The lowest BCUT2D eigenvalue weighted by Gasteiger charge is -1.96. The molecule has 0 unspecified atom stereocenters. The van der Waals surface area contributed by atoms with Crippen LogP contribution in [0.2, 0.25) is 0 Å². The highest BCUT2D eigenvalue weighted by atomic mass is 15.2. The number of hydrogen-bond acceptors (Lipinski definition) is 2. The second-order valence-corrected chi connectivity index (χ2v) is 2.94. The summed E-state index contributed by atoms with van der Waals surface area (Å²) in [6.45, 7) is 0. The molecule has 1 aliphatic rings. The minimum absolute atomic E-state index is 0.615. The van der Waals surface area contributed by atoms with Crippen molar-refractivity contribution in [2.75, 3.05) is 0 Å². The zero-order valence-electron chi connectivity index (χ0n) is 8.12. The minimum Gasteiger partial charge on any atom is -0.236 e. The SMILES string of the molecule is C1=C[N]/C(=N\N=C\c2ccccc2)C=C1. The molecule has 1 aliphatic heterocycles. The number of nitrogens with zero attached hydrogens (tertiary/aromatic N) is 3. The number of benzene rings is 1. The second-order valence-electron chi connectivity index (χ2n) is 2.94. The van der Waals surface area contributed by atoms with Gasteiger partial charge in [-0.2, -0.15) is 5.10 Å². The molecule has 0 bridgehead atoms. The Morgan fingerprint density at radius 1 is 1.07 bits per heavy atom. The van der Waals surface area contributed by atoms with Crippen LogP contribution in [0.3, 0.4) is 0 Å². The fraction of sp³-hybridized carbons (Fsp3) is 0. The van der Waals surface area contributed by atoms with Gasteiger partial charge in [-0.05, 0) is 17.7 Å². The maximum atomic E-state index is 4.03. The first-order valence-corrected chi connectivity index (χ1v) is 4.65. The minimum atomic E-state index is 0.615. The van der Waals surface area contributed by atoms with Crippen molar-refractivity contribution in [3.63, 3.8) is 0 Å². The summed E-state index contributed by atoms with van der Waals surface area (Å²) in [6, 6.07) is 9.83. The van der Waals surface area contributed by atoms with Crippen LogP contribution in [0.5, 0.6) is 0 Å². The molecule has 0 fully saturated rings. The van der Waals surface area contributed by atoms with E-state index < -0.39 is 0 Å². The molecule has 0 amide bonds. The normalized spacial score (nSPS) is 17.2. The fourth-order valence-corrected chi connectivity index (χ4v) is 1.11. The molecule has 73 valence electrons. The van der Waals surface area contributed by atoms with E-state index in [-0.39, 0.29) is 0 Å². The van der Waals surface area contributed by atoms with Crippen molar-refractivity contribution < 1.29 is 0 Å². The Bertz CT molecular complexity index is 427. The number of allylic oxidation sites excluding steroid dienone is 2. The van der Waals surface area contributed by atoms with Crippen LogP contribution in [0.15, 0.2) is 65.0 Å². The van der Waals surface area contributed by atoms with Crippen LogP contribution in [0.1, 0.15) is 5.56 Å². The van der Waals surface area contributed by atoms with Crippen molar-refractivity contribution in [1.29, 1.82) is 0 Å². The predicted octanol–water partition coefficient (Wildman–Crippen LogP) is 2.11. The van der Waals surface area contributed by atoms with Gasteiger partial charge in [0.15, 0.2) is 5.84 Å². The van der Waals surface area contributed by atoms with E-state index in [4.69, 9.17) is 0 Å². The smallest absolute Gasteiger partial charge is 0.174 e. The largest absolute Gasteiger partial charge is 0.236 e. The van der Waals surface area contributed by atoms with Crippen LogP contribution in [0.4, 0.5) is 0 Å². The molecule has 0 N–H and O–H groups in total. The molecule has 0 saturated carbocycles. The average Bonchev–Trinajstić information content (AvgIpc) is 2.32. The molecule has 0 atom stereocenters. The first-order chi connectivity index (χ1) is 7.45. The molecule has 1 aromatic rings. The molecule has 2 rings (SSSR count). The van der Waals surface area contributed by atoms with Gasteiger partial charge in [-0.1, -0.05) is 36.4 Å². The summed E-state index contributed by atoms with van der Waals surface area (Å²) in [4.78, 5) is 0. The monoisotopic (exact) mass is 196 g/mol. The molecule has 0 aliphatic carbocycles. The highest BCUT2D eigenvalue weighted by Gasteiger charge is 1.93. The number of hydrogen-bond donors (Lipinski definition) is 0. The molecule has 3 heteroatoms. The summed E-state index contributed by atoms with van der Waals surface area (Å²) in [6.07, 6.45) is 8.93. The average molecular weight is 196 g/mol. The van der Waals surface area contributed by atoms with Gasteiger partial charge in [0.25, 0.3) is 0 Å². The predicted molar refractivity (Wildman–Crippen MR) is 61.9 cm³/mol. The zero-order chi connectivity index (χ0) is 10.3. The van der Waals surface area contributed by atoms with Gasteiger partial charge < -0.3 is 0 Å². The highest BCUT2D eigenvalue weighted by molar-refractivity contribution is 5.94. The van der Waals surface area contributed by atoms with Crippen molar-refractivity contribution in [2.45, 2.75) is 0 Å². The Hall–Kier alpha value is -2.16. The maximum absolute atomic E-state index is 4.03. The lowest BCUT2D eigenvalue weighted by atomic mass is 10.2. The number of amidine groups is 1. The highest BCUT2D eigenvalue weighted by Crippen LogP contribution is 1.95. The van der Waals surface area contributed by atoms with Gasteiger partial charge in [0.2, 0.25) is 0 Å². The van der Waals surface area contributed by atoms with E-state index in [2.05, 4.69) is 15.5 Å². The van der Waals surface area contributed by atoms with E-state index in [0.29, 0.717) is 5.84 Å². The molecule has 1 radical (unpaired) electrons. The summed E-state index contributed by atoms with van der Waals surface area (Å²) in [5.74, 6) is 0.615. The molecular weight excluding hydrogens is 186 g/mol. The van der Waals surface area contributed by atoms with Crippen molar-refractivity contribution in [1.82, 2.24) is 5.32 Å². The maximum Gasteiger partial charge on any atom is 0.174 e. The van der Waals surface area contributed by atoms with Gasteiger partial charge in [0.1, 0.15) is 0 Å². The molecule has 1 aromatic carbocycles. The Kier molecular flexibility index (Phi) is 3.07. The Labute approximate surface area is 88.5 Å². The zero-order valence-corrected chi connectivity index (χ0v) is 8.12. The molecule has 0 spiro atoms. The summed E-state index contributed by atoms with van der Waals surface area (Å²) in [7, 11) is 0. The molecule has 0 saturated heterocycles. The first kappa shape index (κ1) is 9.40. The summed E-state index contributed by atoms with van der Waals surface area (Å²) >= 11 is 0. The number of rotatable bonds is 2. The second kappa shape index (κ2) is 4.91. The Balaban J connectivity index is 2.01. The van der Waals surface area contributed by atoms with Crippen molar-refractivity contribution in [2.24, 2.45) is 10.2 Å². The van der Waals surface area contributed by atoms with Gasteiger partial charge in [0.05, 0.1) is 6.21 Å². The third-order valence-electron chi connectivity index (χ3n) is 1.82.